The quantitative estimate of drug-likeness (QED) is 0.400. The van der Waals surface area contributed by atoms with E-state index in [1.54, 1.807) is 19.1 Å². The minimum atomic E-state index is -1.01. The van der Waals surface area contributed by atoms with Gasteiger partial charge in [-0.15, -0.1) is 0 Å². The first-order valence-electron chi connectivity index (χ1n) is 5.98. The summed E-state index contributed by atoms with van der Waals surface area (Å²) < 4.78 is 0. The number of nitrogens with zero attached hydrogens (tertiary/aromatic N) is 1. The molecule has 3 amide bonds. The van der Waals surface area contributed by atoms with E-state index in [0.29, 0.717) is 0 Å². The number of nitro groups is 1. The number of imide groups is 1. The van der Waals surface area contributed by atoms with Crippen molar-refractivity contribution in [3.63, 3.8) is 0 Å². The fourth-order valence-corrected chi connectivity index (χ4v) is 2.28. The lowest BCUT2D eigenvalue weighted by molar-refractivity contribution is -0.490. The zero-order valence-electron chi connectivity index (χ0n) is 10.7. The largest absolute Gasteiger partial charge is 0.340 e. The summed E-state index contributed by atoms with van der Waals surface area (Å²) in [5.41, 5.74) is -0.798. The summed E-state index contributed by atoms with van der Waals surface area (Å²) in [5, 5.41) is 15.2. The molecule has 20 heavy (non-hydrogen) atoms. The van der Waals surface area contributed by atoms with Crippen LogP contribution >= 0.6 is 0 Å². The van der Waals surface area contributed by atoms with Crippen molar-refractivity contribution in [2.45, 2.75) is 19.4 Å². The first kappa shape index (κ1) is 13.9. The van der Waals surface area contributed by atoms with Crippen LogP contribution in [0.3, 0.4) is 0 Å². The lowest BCUT2D eigenvalue weighted by Gasteiger charge is -2.22. The maximum absolute atomic E-state index is 12.1. The van der Waals surface area contributed by atoms with Gasteiger partial charge in [0, 0.05) is 10.5 Å². The molecule has 1 saturated heterocycles. The highest BCUT2D eigenvalue weighted by molar-refractivity contribution is 6.08. The van der Waals surface area contributed by atoms with Crippen LogP contribution < -0.4 is 10.6 Å². The summed E-state index contributed by atoms with van der Waals surface area (Å²) in [6.45, 7) is 1.16. The monoisotopic (exact) mass is 279 g/mol. The highest BCUT2D eigenvalue weighted by Gasteiger charge is 2.40. The van der Waals surface area contributed by atoms with Crippen molar-refractivity contribution in [1.82, 2.24) is 10.6 Å². The van der Waals surface area contributed by atoms with E-state index in [4.69, 9.17) is 0 Å². The fraction of sp³-hybridized carbons (Fsp3) is 0.417. The fourth-order valence-electron chi connectivity index (χ4n) is 2.28. The topological polar surface area (TPSA) is 118 Å². The number of hydrogen-bond acceptors (Lipinski definition) is 5. The van der Waals surface area contributed by atoms with Gasteiger partial charge in [-0.25, -0.2) is 0 Å². The molecule has 1 heterocycles. The summed E-state index contributed by atoms with van der Waals surface area (Å²) in [6.07, 6.45) is 4.51. The molecule has 8 nitrogen and oxygen atoms in total. The van der Waals surface area contributed by atoms with E-state index in [2.05, 4.69) is 10.6 Å². The van der Waals surface area contributed by atoms with Crippen LogP contribution in [0.4, 0.5) is 0 Å². The lowest BCUT2D eigenvalue weighted by Crippen LogP contribution is -2.43. The number of hydrogen-bond donors (Lipinski definition) is 2. The van der Waals surface area contributed by atoms with Crippen molar-refractivity contribution in [3.05, 3.63) is 33.9 Å². The van der Waals surface area contributed by atoms with E-state index in [9.17, 15) is 24.5 Å². The molecule has 0 aromatic rings. The third-order valence-electron chi connectivity index (χ3n) is 3.32. The van der Waals surface area contributed by atoms with Crippen molar-refractivity contribution in [1.29, 1.82) is 0 Å². The van der Waals surface area contributed by atoms with E-state index >= 15 is 0 Å². The van der Waals surface area contributed by atoms with E-state index in [0.717, 1.165) is 0 Å². The summed E-state index contributed by atoms with van der Waals surface area (Å²) >= 11 is 0. The first-order valence-corrected chi connectivity index (χ1v) is 5.98. The Morgan fingerprint density at radius 1 is 1.60 bits per heavy atom. The lowest BCUT2D eigenvalue weighted by atomic mass is 9.84. The minimum absolute atomic E-state index is 0.114. The molecule has 1 fully saturated rings. The average molecular weight is 279 g/mol. The molecule has 1 aliphatic carbocycles. The maximum Gasteiger partial charge on any atom is 0.249 e. The van der Waals surface area contributed by atoms with Gasteiger partial charge in [-0.05, 0) is 6.92 Å². The number of carbonyl (C=O) groups is 3. The van der Waals surface area contributed by atoms with Gasteiger partial charge < -0.3 is 5.32 Å². The van der Waals surface area contributed by atoms with Crippen LogP contribution in [0.1, 0.15) is 13.3 Å². The van der Waals surface area contributed by atoms with Crippen molar-refractivity contribution in [2.75, 3.05) is 6.54 Å². The van der Waals surface area contributed by atoms with Gasteiger partial charge in [0.05, 0.1) is 11.8 Å². The second-order valence-corrected chi connectivity index (χ2v) is 4.99. The Morgan fingerprint density at radius 3 is 2.85 bits per heavy atom. The SMILES string of the molecule is CC1(C[N+](=O)[O-])C=CC=C1C(=O)NC1CC(=O)NC1=O. The average Bonchev–Trinajstić information content (AvgIpc) is 2.81. The second kappa shape index (κ2) is 4.87. The summed E-state index contributed by atoms with van der Waals surface area (Å²) in [6, 6.07) is -0.920. The van der Waals surface area contributed by atoms with Gasteiger partial charge >= 0.3 is 0 Å². The van der Waals surface area contributed by atoms with Crippen LogP contribution in [-0.2, 0) is 14.4 Å². The molecule has 8 heteroatoms. The van der Waals surface area contributed by atoms with Crippen LogP contribution in [0.2, 0.25) is 0 Å². The predicted molar refractivity (Wildman–Crippen MR) is 66.9 cm³/mol. The van der Waals surface area contributed by atoms with E-state index in [1.807, 2.05) is 0 Å². The van der Waals surface area contributed by atoms with Crippen molar-refractivity contribution in [2.24, 2.45) is 5.41 Å². The van der Waals surface area contributed by atoms with E-state index in [-0.39, 0.29) is 12.0 Å². The molecule has 2 N–H and O–H groups in total. The van der Waals surface area contributed by atoms with Gasteiger partial charge in [0.15, 0.2) is 0 Å². The molecule has 2 unspecified atom stereocenters. The van der Waals surface area contributed by atoms with Crippen molar-refractivity contribution in [3.8, 4) is 0 Å². The van der Waals surface area contributed by atoms with Crippen LogP contribution in [0, 0.1) is 15.5 Å². The number of amides is 3. The molecular weight excluding hydrogens is 266 g/mol. The van der Waals surface area contributed by atoms with Crippen molar-refractivity contribution >= 4 is 17.7 Å². The zero-order valence-corrected chi connectivity index (χ0v) is 10.7. The van der Waals surface area contributed by atoms with Gasteiger partial charge in [0.25, 0.3) is 0 Å². The molecule has 106 valence electrons. The molecule has 2 atom stereocenters. The molecular formula is C12H13N3O5. The molecule has 0 aromatic heterocycles. The highest BCUT2D eigenvalue weighted by atomic mass is 16.6. The Morgan fingerprint density at radius 2 is 2.30 bits per heavy atom. The van der Waals surface area contributed by atoms with Crippen molar-refractivity contribution < 1.29 is 19.3 Å². The van der Waals surface area contributed by atoms with Gasteiger partial charge in [-0.2, -0.15) is 0 Å². The zero-order chi connectivity index (χ0) is 14.9. The standard InChI is InChI=1S/C12H13N3O5/c1-12(6-15(19)20)4-2-3-7(12)10(17)13-8-5-9(16)14-11(8)18/h2-4,8H,5-6H2,1H3,(H,13,17)(H,14,16,18). The van der Waals surface area contributed by atoms with Crippen LogP contribution in [-0.4, -0.2) is 35.2 Å². The third-order valence-corrected chi connectivity index (χ3v) is 3.32. The summed E-state index contributed by atoms with van der Waals surface area (Å²) in [7, 11) is 0. The molecule has 2 rings (SSSR count). The number of rotatable bonds is 4. The molecule has 2 aliphatic rings. The maximum atomic E-state index is 12.1. The molecule has 0 saturated carbocycles. The van der Waals surface area contributed by atoms with Gasteiger partial charge in [-0.3, -0.25) is 29.8 Å². The Labute approximate surface area is 114 Å². The minimum Gasteiger partial charge on any atom is -0.340 e. The van der Waals surface area contributed by atoms with Crippen LogP contribution in [0.15, 0.2) is 23.8 Å². The Kier molecular flexibility index (Phi) is 3.39. The number of nitrogens with one attached hydrogen (secondary N) is 2. The smallest absolute Gasteiger partial charge is 0.249 e. The second-order valence-electron chi connectivity index (χ2n) is 4.99. The Bertz CT molecular complexity index is 565. The molecule has 0 bridgehead atoms. The van der Waals surface area contributed by atoms with E-state index < -0.39 is 40.6 Å². The number of allylic oxidation sites excluding steroid dienone is 2. The molecule has 0 aromatic carbocycles. The summed E-state index contributed by atoms with van der Waals surface area (Å²) in [5.74, 6) is -1.59. The molecule has 0 radical (unpaired) electrons. The van der Waals surface area contributed by atoms with Gasteiger partial charge in [-0.1, -0.05) is 18.2 Å². The normalized spacial score (nSPS) is 28.2. The third kappa shape index (κ3) is 2.58. The predicted octanol–water partition coefficient (Wildman–Crippen LogP) is -0.703. The van der Waals surface area contributed by atoms with Gasteiger partial charge in [0.1, 0.15) is 6.04 Å². The Hall–Kier alpha value is -2.51. The molecule has 1 aliphatic heterocycles. The van der Waals surface area contributed by atoms with Crippen LogP contribution in [0.5, 0.6) is 0 Å². The summed E-state index contributed by atoms with van der Waals surface area (Å²) in [4.78, 5) is 44.7. The molecule has 0 spiro atoms. The van der Waals surface area contributed by atoms with Crippen LogP contribution in [0.25, 0.3) is 0 Å². The van der Waals surface area contributed by atoms with Gasteiger partial charge in [0.2, 0.25) is 24.3 Å². The Balaban J connectivity index is 2.08. The highest BCUT2D eigenvalue weighted by Crippen LogP contribution is 2.33. The number of carbonyl (C=O) groups excluding carboxylic acids is 3. The van der Waals surface area contributed by atoms with E-state index in [1.165, 1.54) is 6.08 Å². The first-order chi connectivity index (χ1) is 9.32.